The van der Waals surface area contributed by atoms with Crippen LogP contribution in [0.3, 0.4) is 0 Å². The first-order valence-electron chi connectivity index (χ1n) is 17.3. The highest BCUT2D eigenvalue weighted by atomic mass is 16.5. The summed E-state index contributed by atoms with van der Waals surface area (Å²) in [5.74, 6) is 0.144. The summed E-state index contributed by atoms with van der Waals surface area (Å²) in [6, 6.07) is 28.2. The maximum Gasteiger partial charge on any atom is 0.323 e. The van der Waals surface area contributed by atoms with Gasteiger partial charge < -0.3 is 30.1 Å². The number of nitrogens with one attached hydrogen (secondary N) is 2. The highest BCUT2D eigenvalue weighted by molar-refractivity contribution is 6.07. The molecule has 260 valence electrons. The summed E-state index contributed by atoms with van der Waals surface area (Å²) in [4.78, 5) is 31.6. The number of hydrogen-bond donors (Lipinski definition) is 3. The molecule has 0 unspecified atom stereocenters. The second-order valence-corrected chi connectivity index (χ2v) is 13.3. The summed E-state index contributed by atoms with van der Waals surface area (Å²) in [5, 5.41) is 18.1. The molecule has 5 rings (SSSR count). The van der Waals surface area contributed by atoms with E-state index in [0.29, 0.717) is 42.4 Å². The zero-order valence-electron chi connectivity index (χ0n) is 29.1. The van der Waals surface area contributed by atoms with Crippen molar-refractivity contribution < 1.29 is 24.2 Å². The Kier molecular flexibility index (Phi) is 12.6. The Hall–Kier alpha value is -4.44. The lowest BCUT2D eigenvalue weighted by atomic mass is 10.0. The number of fused-ring (bicyclic) bond motifs is 2. The molecule has 0 bridgehead atoms. The summed E-state index contributed by atoms with van der Waals surface area (Å²) in [6.07, 6.45) is 2.36. The Balaban J connectivity index is 1.39. The Morgan fingerprint density at radius 2 is 1.73 bits per heavy atom. The third-order valence-electron chi connectivity index (χ3n) is 9.13. The smallest absolute Gasteiger partial charge is 0.323 e. The molecule has 9 nitrogen and oxygen atoms in total. The zero-order valence-corrected chi connectivity index (χ0v) is 29.1. The molecule has 3 amide bonds. The monoisotopic (exact) mass is 666 g/mol. The van der Waals surface area contributed by atoms with Crippen LogP contribution in [0.5, 0.6) is 5.75 Å². The van der Waals surface area contributed by atoms with E-state index in [2.05, 4.69) is 41.6 Å². The molecule has 1 aliphatic rings. The maximum absolute atomic E-state index is 14.5. The number of aliphatic hydroxyl groups excluding tert-OH is 1. The molecule has 4 aromatic rings. The Morgan fingerprint density at radius 1 is 0.980 bits per heavy atom. The van der Waals surface area contributed by atoms with E-state index in [-0.39, 0.29) is 30.6 Å². The molecule has 0 radical (unpaired) electrons. The molecule has 49 heavy (non-hydrogen) atoms. The van der Waals surface area contributed by atoms with Crippen LogP contribution in [0.25, 0.3) is 10.8 Å². The fourth-order valence-corrected chi connectivity index (χ4v) is 6.35. The molecule has 0 fully saturated rings. The number of hydrogen-bond acceptors (Lipinski definition) is 6. The molecule has 0 aliphatic carbocycles. The average Bonchev–Trinajstić information content (AvgIpc) is 3.10. The summed E-state index contributed by atoms with van der Waals surface area (Å²) in [5.41, 5.74) is 2.70. The topological polar surface area (TPSA) is 103 Å². The van der Waals surface area contributed by atoms with Gasteiger partial charge in [0.05, 0.1) is 36.1 Å². The minimum Gasteiger partial charge on any atom is -0.490 e. The number of nitrogens with zero attached hydrogens (tertiary/aromatic N) is 2. The number of amides is 3. The number of ether oxygens (including phenoxy) is 2. The number of urea groups is 1. The normalized spacial score (nSPS) is 19.8. The number of carbonyl (C=O) groups excluding carboxylic acids is 2. The fourth-order valence-electron chi connectivity index (χ4n) is 6.35. The van der Waals surface area contributed by atoms with E-state index < -0.39 is 12.1 Å². The van der Waals surface area contributed by atoms with Crippen molar-refractivity contribution in [2.75, 3.05) is 44.0 Å². The number of carbonyl (C=O) groups is 2. The third-order valence-corrected chi connectivity index (χ3v) is 9.13. The van der Waals surface area contributed by atoms with Crippen molar-refractivity contribution in [2.45, 2.75) is 64.8 Å². The summed E-state index contributed by atoms with van der Waals surface area (Å²) in [6.45, 7) is 8.23. The minimum atomic E-state index is -0.456. The molecule has 4 atom stereocenters. The van der Waals surface area contributed by atoms with Gasteiger partial charge in [-0.3, -0.25) is 9.69 Å². The summed E-state index contributed by atoms with van der Waals surface area (Å²) in [7, 11) is 2.09. The van der Waals surface area contributed by atoms with E-state index in [4.69, 9.17) is 9.47 Å². The first-order valence-corrected chi connectivity index (χ1v) is 17.3. The number of likely N-dealkylation sites (N-methyl/N-ethyl adjacent to an activating group) is 1. The molecule has 0 saturated carbocycles. The van der Waals surface area contributed by atoms with Crippen molar-refractivity contribution in [3.05, 3.63) is 102 Å². The molecule has 0 saturated heterocycles. The van der Waals surface area contributed by atoms with Crippen LogP contribution in [0.4, 0.5) is 16.2 Å². The number of rotatable bonds is 8. The van der Waals surface area contributed by atoms with Gasteiger partial charge in [-0.05, 0) is 75.4 Å². The molecule has 3 N–H and O–H groups in total. The summed E-state index contributed by atoms with van der Waals surface area (Å²) < 4.78 is 12.9. The van der Waals surface area contributed by atoms with Gasteiger partial charge in [0.1, 0.15) is 5.75 Å². The molecule has 0 spiro atoms. The van der Waals surface area contributed by atoms with E-state index in [0.717, 1.165) is 36.6 Å². The highest BCUT2D eigenvalue weighted by Crippen LogP contribution is 2.29. The van der Waals surface area contributed by atoms with E-state index in [1.807, 2.05) is 74.5 Å². The van der Waals surface area contributed by atoms with Crippen LogP contribution in [0, 0.1) is 5.92 Å². The van der Waals surface area contributed by atoms with Crippen LogP contribution in [-0.2, 0) is 11.3 Å². The van der Waals surface area contributed by atoms with Crippen molar-refractivity contribution in [2.24, 2.45) is 5.92 Å². The second-order valence-electron chi connectivity index (χ2n) is 13.3. The van der Waals surface area contributed by atoms with Gasteiger partial charge in [-0.1, -0.05) is 73.7 Å². The Morgan fingerprint density at radius 3 is 2.53 bits per heavy atom. The maximum atomic E-state index is 14.5. The third kappa shape index (κ3) is 9.81. The van der Waals surface area contributed by atoms with Crippen LogP contribution in [0.15, 0.2) is 91.0 Å². The van der Waals surface area contributed by atoms with Gasteiger partial charge in [0, 0.05) is 43.2 Å². The number of anilines is 2. The van der Waals surface area contributed by atoms with E-state index in [1.165, 1.54) is 5.56 Å². The predicted octanol–water partition coefficient (Wildman–Crippen LogP) is 7.41. The molecule has 4 aromatic carbocycles. The van der Waals surface area contributed by atoms with Crippen LogP contribution < -0.4 is 15.4 Å². The lowest BCUT2D eigenvalue weighted by Crippen LogP contribution is -2.47. The zero-order chi connectivity index (χ0) is 34.8. The average molecular weight is 667 g/mol. The van der Waals surface area contributed by atoms with Gasteiger partial charge in [-0.15, -0.1) is 0 Å². The largest absolute Gasteiger partial charge is 0.490 e. The second kappa shape index (κ2) is 17.3. The minimum absolute atomic E-state index is 0.0322. The van der Waals surface area contributed by atoms with E-state index in [1.54, 1.807) is 23.1 Å². The molecular weight excluding hydrogens is 616 g/mol. The molecular formula is C40H50N4O5. The quantitative estimate of drug-likeness (QED) is 0.181. The standard InChI is InChI=1S/C40H50N4O5/c1-28-24-44(29(2)27-45)39(46)35-23-33(41-40(47)42-36-19-12-17-32-16-8-9-18-34(32)36)20-21-37(35)49-30(3)13-10-11-22-48-38(28)26-43(4)25-31-14-6-5-7-15-31/h5-9,12,14-21,23,28-30,38,45H,10-11,13,22,24-27H2,1-4H3,(H2,41,42,47)/t28-,29+,30-,38+/m0/s1. The first kappa shape index (κ1) is 35.9. The van der Waals surface area contributed by atoms with Crippen LogP contribution in [0.2, 0.25) is 0 Å². The van der Waals surface area contributed by atoms with Crippen LogP contribution in [-0.4, -0.2) is 78.4 Å². The van der Waals surface area contributed by atoms with Crippen molar-refractivity contribution in [3.8, 4) is 5.75 Å². The van der Waals surface area contributed by atoms with Crippen molar-refractivity contribution in [3.63, 3.8) is 0 Å². The first-order chi connectivity index (χ1) is 23.7. The van der Waals surface area contributed by atoms with Gasteiger partial charge in [-0.25, -0.2) is 4.79 Å². The van der Waals surface area contributed by atoms with Crippen LogP contribution >= 0.6 is 0 Å². The highest BCUT2D eigenvalue weighted by Gasteiger charge is 2.30. The predicted molar refractivity (Wildman–Crippen MR) is 196 cm³/mol. The van der Waals surface area contributed by atoms with E-state index >= 15 is 0 Å². The molecule has 0 aromatic heterocycles. The van der Waals surface area contributed by atoms with E-state index in [9.17, 15) is 14.7 Å². The number of benzene rings is 4. The summed E-state index contributed by atoms with van der Waals surface area (Å²) >= 11 is 0. The molecule has 1 heterocycles. The SMILES string of the molecule is C[C@H](CO)N1C[C@H](C)[C@@H](CN(C)Cc2ccccc2)OCCCC[C@H](C)Oc2ccc(NC(=O)Nc3cccc4ccccc34)cc2C1=O. The van der Waals surface area contributed by atoms with Crippen molar-refractivity contribution in [1.82, 2.24) is 9.80 Å². The Labute approximate surface area is 290 Å². The molecule has 9 heteroatoms. The van der Waals surface area contributed by atoms with Gasteiger partial charge in [-0.2, -0.15) is 0 Å². The van der Waals surface area contributed by atoms with Gasteiger partial charge in [0.25, 0.3) is 5.91 Å². The lowest BCUT2D eigenvalue weighted by Gasteiger charge is -2.36. The Bertz CT molecular complexity index is 1680. The number of aliphatic hydroxyl groups is 1. The molecule has 1 aliphatic heterocycles. The van der Waals surface area contributed by atoms with Gasteiger partial charge >= 0.3 is 6.03 Å². The van der Waals surface area contributed by atoms with Gasteiger partial charge in [0.15, 0.2) is 0 Å². The van der Waals surface area contributed by atoms with Crippen LogP contribution in [0.1, 0.15) is 56.0 Å². The van der Waals surface area contributed by atoms with Crippen molar-refractivity contribution >= 4 is 34.1 Å². The van der Waals surface area contributed by atoms with Crippen molar-refractivity contribution in [1.29, 1.82) is 0 Å². The lowest BCUT2D eigenvalue weighted by molar-refractivity contribution is -0.0177. The fraction of sp³-hybridized carbons (Fsp3) is 0.400. The van der Waals surface area contributed by atoms with Gasteiger partial charge in [0.2, 0.25) is 0 Å².